The lowest BCUT2D eigenvalue weighted by molar-refractivity contribution is -0.384. The molecular weight excluding hydrogens is 446 g/mol. The quantitative estimate of drug-likeness (QED) is 0.386. The molecule has 2 aliphatic carbocycles. The summed E-state index contributed by atoms with van der Waals surface area (Å²) in [6.07, 6.45) is 3.03. The molecule has 4 atom stereocenters. The van der Waals surface area contributed by atoms with Gasteiger partial charge >= 0.3 is 0 Å². The number of piperidine rings is 1. The molecule has 3 N–H and O–H groups in total. The zero-order valence-electron chi connectivity index (χ0n) is 19.9. The summed E-state index contributed by atoms with van der Waals surface area (Å²) >= 11 is 0. The number of H-pyrrole nitrogens is 1. The molecule has 8 heteroatoms. The van der Waals surface area contributed by atoms with Gasteiger partial charge in [0, 0.05) is 47.6 Å². The number of nitrogens with zero attached hydrogens (tertiary/aromatic N) is 2. The van der Waals surface area contributed by atoms with Gasteiger partial charge in [0.25, 0.3) is 5.69 Å². The van der Waals surface area contributed by atoms with Crippen molar-refractivity contribution in [2.24, 2.45) is 5.92 Å². The van der Waals surface area contributed by atoms with E-state index < -0.39 is 17.1 Å². The zero-order valence-corrected chi connectivity index (χ0v) is 19.9. The molecule has 3 unspecified atom stereocenters. The Morgan fingerprint density at radius 3 is 2.83 bits per heavy atom. The summed E-state index contributed by atoms with van der Waals surface area (Å²) in [7, 11) is 0. The van der Waals surface area contributed by atoms with Gasteiger partial charge in [0.05, 0.1) is 21.6 Å². The van der Waals surface area contributed by atoms with Gasteiger partial charge in [-0.2, -0.15) is 0 Å². The highest BCUT2D eigenvalue weighted by Crippen LogP contribution is 2.66. The number of likely N-dealkylation sites (tertiary alicyclic amines) is 1. The molecule has 4 aliphatic rings. The van der Waals surface area contributed by atoms with Gasteiger partial charge in [-0.1, -0.05) is 6.07 Å². The number of aromatic hydroxyl groups is 1. The molecule has 2 fully saturated rings. The maximum Gasteiger partial charge on any atom is 0.270 e. The van der Waals surface area contributed by atoms with E-state index in [1.54, 1.807) is 18.2 Å². The van der Waals surface area contributed by atoms with Crippen molar-refractivity contribution >= 4 is 16.6 Å². The fourth-order valence-corrected chi connectivity index (χ4v) is 7.34. The lowest BCUT2D eigenvalue weighted by Crippen LogP contribution is -2.71. The molecule has 1 aromatic heterocycles. The first-order chi connectivity index (χ1) is 16.7. The summed E-state index contributed by atoms with van der Waals surface area (Å²) in [5, 5.41) is 35.9. The fourth-order valence-electron chi connectivity index (χ4n) is 7.34. The molecular formula is C27H29N3O5. The van der Waals surface area contributed by atoms with Crippen LogP contribution in [0.2, 0.25) is 0 Å². The number of benzene rings is 2. The van der Waals surface area contributed by atoms with Gasteiger partial charge in [-0.05, 0) is 68.8 Å². The van der Waals surface area contributed by atoms with Crippen LogP contribution in [0.5, 0.6) is 11.5 Å². The number of phenolic OH excluding ortho intramolecular Hbond substituents is 1. The van der Waals surface area contributed by atoms with Crippen molar-refractivity contribution in [3.05, 3.63) is 62.8 Å². The number of nitro benzene ring substituents is 1. The normalized spacial score (nSPS) is 31.4. The van der Waals surface area contributed by atoms with Gasteiger partial charge in [0.2, 0.25) is 0 Å². The number of ether oxygens (including phenoxy) is 1. The SMILES string of the molecule is Cc1ccc(O)c2c1C13CCN(CC4CC4)C(C)C1(O)Cc1c([nH]c4ccc([N+](=O)[O-])cc14)[C@@H]3O2. The number of aromatic amines is 1. The van der Waals surface area contributed by atoms with Gasteiger partial charge < -0.3 is 19.9 Å². The second kappa shape index (κ2) is 6.77. The zero-order chi connectivity index (χ0) is 24.3. The van der Waals surface area contributed by atoms with Crippen LogP contribution in [0.1, 0.15) is 54.7 Å². The highest BCUT2D eigenvalue weighted by atomic mass is 16.6. The molecule has 3 heterocycles. The smallest absolute Gasteiger partial charge is 0.270 e. The van der Waals surface area contributed by atoms with Crippen LogP contribution in [0.15, 0.2) is 30.3 Å². The number of hydrogen-bond acceptors (Lipinski definition) is 6. The molecule has 0 amide bonds. The molecule has 2 aromatic carbocycles. The summed E-state index contributed by atoms with van der Waals surface area (Å²) in [6.45, 7) is 5.95. The minimum absolute atomic E-state index is 0.0271. The van der Waals surface area contributed by atoms with Crippen molar-refractivity contribution in [2.75, 3.05) is 13.1 Å². The first kappa shape index (κ1) is 21.2. The van der Waals surface area contributed by atoms with E-state index in [9.17, 15) is 20.3 Å². The number of nitrogens with one attached hydrogen (secondary N) is 1. The molecule has 0 bridgehead atoms. The molecule has 35 heavy (non-hydrogen) atoms. The second-order valence-corrected chi connectivity index (χ2v) is 11.0. The molecule has 1 spiro atoms. The minimum atomic E-state index is -1.18. The van der Waals surface area contributed by atoms with E-state index in [2.05, 4.69) is 16.8 Å². The summed E-state index contributed by atoms with van der Waals surface area (Å²) in [5.74, 6) is 1.23. The summed E-state index contributed by atoms with van der Waals surface area (Å²) < 4.78 is 6.57. The molecule has 3 aromatic rings. The van der Waals surface area contributed by atoms with Gasteiger partial charge in [-0.3, -0.25) is 15.0 Å². The van der Waals surface area contributed by atoms with Crippen molar-refractivity contribution in [1.29, 1.82) is 0 Å². The maximum atomic E-state index is 12.8. The number of hydrogen-bond donors (Lipinski definition) is 3. The van der Waals surface area contributed by atoms with Crippen LogP contribution in [-0.2, 0) is 11.8 Å². The Balaban J connectivity index is 1.49. The third-order valence-electron chi connectivity index (χ3n) is 9.31. The summed E-state index contributed by atoms with van der Waals surface area (Å²) in [4.78, 5) is 17.0. The van der Waals surface area contributed by atoms with Crippen molar-refractivity contribution in [2.45, 2.75) is 62.7 Å². The topological polar surface area (TPSA) is 112 Å². The molecule has 0 radical (unpaired) electrons. The van der Waals surface area contributed by atoms with Crippen molar-refractivity contribution in [3.63, 3.8) is 0 Å². The monoisotopic (exact) mass is 475 g/mol. The molecule has 2 aliphatic heterocycles. The third-order valence-corrected chi connectivity index (χ3v) is 9.31. The minimum Gasteiger partial charge on any atom is -0.504 e. The summed E-state index contributed by atoms with van der Waals surface area (Å²) in [5.41, 5.74) is 2.53. The molecule has 182 valence electrons. The Kier molecular flexibility index (Phi) is 4.10. The van der Waals surface area contributed by atoms with Crippen LogP contribution < -0.4 is 4.74 Å². The highest BCUT2D eigenvalue weighted by Gasteiger charge is 2.70. The number of rotatable bonds is 3. The number of fused-ring (bicyclic) bond motifs is 5. The number of aryl methyl sites for hydroxylation is 1. The van der Waals surface area contributed by atoms with Crippen LogP contribution in [0, 0.1) is 23.0 Å². The van der Waals surface area contributed by atoms with E-state index in [0.29, 0.717) is 24.5 Å². The Morgan fingerprint density at radius 2 is 2.09 bits per heavy atom. The van der Waals surface area contributed by atoms with Crippen LogP contribution in [0.3, 0.4) is 0 Å². The standard InChI is InChI=1S/C27H29N3O5/c1-14-3-8-21(31)24-22(14)26-9-10-29(13-16-4-5-16)15(2)27(26,32)12-19-18-11-17(30(33)34)6-7-20(18)28-23(19)25(26)35-24/h3,6-8,11,15-16,25,28,31-32H,4-5,9-10,12-13H2,1-2H3/t15?,25-,26?,27?/m0/s1. The van der Waals surface area contributed by atoms with Crippen LogP contribution in [-0.4, -0.2) is 49.8 Å². The highest BCUT2D eigenvalue weighted by molar-refractivity contribution is 5.88. The number of nitro groups is 1. The molecule has 1 saturated carbocycles. The molecule has 8 nitrogen and oxygen atoms in total. The van der Waals surface area contributed by atoms with Gasteiger partial charge in [-0.25, -0.2) is 0 Å². The maximum absolute atomic E-state index is 12.8. The van der Waals surface area contributed by atoms with Crippen molar-refractivity contribution < 1.29 is 19.9 Å². The van der Waals surface area contributed by atoms with Crippen molar-refractivity contribution in [1.82, 2.24) is 9.88 Å². The Bertz CT molecular complexity index is 1410. The lowest BCUT2D eigenvalue weighted by Gasteiger charge is -2.59. The van der Waals surface area contributed by atoms with Gasteiger partial charge in [-0.15, -0.1) is 0 Å². The summed E-state index contributed by atoms with van der Waals surface area (Å²) in [6, 6.07) is 8.25. The Morgan fingerprint density at radius 1 is 1.29 bits per heavy atom. The number of aromatic nitrogens is 1. The van der Waals surface area contributed by atoms with Crippen LogP contribution in [0.25, 0.3) is 10.9 Å². The molecule has 1 saturated heterocycles. The average Bonchev–Trinajstić information content (AvgIpc) is 3.47. The van der Waals surface area contributed by atoms with E-state index in [0.717, 1.165) is 46.4 Å². The number of phenols is 1. The van der Waals surface area contributed by atoms with E-state index in [1.165, 1.54) is 18.9 Å². The van der Waals surface area contributed by atoms with E-state index in [-0.39, 0.29) is 22.4 Å². The fraction of sp³-hybridized carbons (Fsp3) is 0.481. The first-order valence-corrected chi connectivity index (χ1v) is 12.5. The first-order valence-electron chi connectivity index (χ1n) is 12.5. The second-order valence-electron chi connectivity index (χ2n) is 11.0. The largest absolute Gasteiger partial charge is 0.504 e. The Labute approximate surface area is 202 Å². The van der Waals surface area contributed by atoms with Gasteiger partial charge in [0.1, 0.15) is 0 Å². The predicted octanol–water partition coefficient (Wildman–Crippen LogP) is 4.25. The van der Waals surface area contributed by atoms with E-state index in [1.807, 2.05) is 13.0 Å². The molecule has 7 rings (SSSR count). The average molecular weight is 476 g/mol. The Hall–Kier alpha value is -3.10. The van der Waals surface area contributed by atoms with E-state index in [4.69, 9.17) is 4.74 Å². The number of non-ortho nitro benzene ring substituents is 1. The third kappa shape index (κ3) is 2.59. The van der Waals surface area contributed by atoms with Crippen LogP contribution >= 0.6 is 0 Å². The predicted molar refractivity (Wildman–Crippen MR) is 130 cm³/mol. The van der Waals surface area contributed by atoms with Gasteiger partial charge in [0.15, 0.2) is 17.6 Å². The van der Waals surface area contributed by atoms with Crippen molar-refractivity contribution in [3.8, 4) is 11.5 Å². The number of aliphatic hydroxyl groups is 1. The lowest BCUT2D eigenvalue weighted by atomic mass is 9.52. The van der Waals surface area contributed by atoms with Crippen LogP contribution in [0.4, 0.5) is 5.69 Å². The van der Waals surface area contributed by atoms with E-state index >= 15 is 0 Å².